The van der Waals surface area contributed by atoms with E-state index < -0.39 is 0 Å². The summed E-state index contributed by atoms with van der Waals surface area (Å²) in [4.78, 5) is 13.9. The number of hydrogen-bond acceptors (Lipinski definition) is 5. The fourth-order valence-electron chi connectivity index (χ4n) is 6.10. The van der Waals surface area contributed by atoms with Crippen LogP contribution in [0.1, 0.15) is 31.7 Å². The van der Waals surface area contributed by atoms with Crippen molar-refractivity contribution in [1.29, 1.82) is 0 Å². The Hall–Kier alpha value is -2.71. The summed E-state index contributed by atoms with van der Waals surface area (Å²) in [5, 5.41) is 1.69. The molecular formula is C29H31Cl2FN6. The van der Waals surface area contributed by atoms with Crippen LogP contribution in [0.4, 0.5) is 10.2 Å². The highest BCUT2D eigenvalue weighted by Crippen LogP contribution is 2.40. The van der Waals surface area contributed by atoms with Crippen molar-refractivity contribution in [2.45, 2.75) is 37.8 Å². The van der Waals surface area contributed by atoms with Gasteiger partial charge >= 0.3 is 0 Å². The van der Waals surface area contributed by atoms with Crippen LogP contribution in [0.25, 0.3) is 33.3 Å². The monoisotopic (exact) mass is 552 g/mol. The molecule has 2 N–H and O–H groups in total. The van der Waals surface area contributed by atoms with E-state index in [4.69, 9.17) is 28.9 Å². The zero-order valence-electron chi connectivity index (χ0n) is 21.4. The largest absolute Gasteiger partial charge is 0.383 e. The molecule has 6 nitrogen and oxygen atoms in total. The zero-order chi connectivity index (χ0) is 26.4. The minimum atomic E-state index is -0.365. The minimum absolute atomic E-state index is 0.321. The maximum absolute atomic E-state index is 15.4. The number of aromatic nitrogens is 3. The van der Waals surface area contributed by atoms with Crippen LogP contribution >= 0.6 is 23.2 Å². The van der Waals surface area contributed by atoms with Crippen molar-refractivity contribution < 1.29 is 4.39 Å². The van der Waals surface area contributed by atoms with Crippen molar-refractivity contribution in [2.24, 2.45) is 0 Å². The Balaban J connectivity index is 1.30. The highest BCUT2D eigenvalue weighted by molar-refractivity contribution is 6.36. The van der Waals surface area contributed by atoms with Gasteiger partial charge in [0.05, 0.1) is 5.39 Å². The smallest absolute Gasteiger partial charge is 0.146 e. The molecular weight excluding hydrogens is 522 g/mol. The molecule has 0 atom stereocenters. The van der Waals surface area contributed by atoms with E-state index in [0.717, 1.165) is 74.0 Å². The number of hydrogen-bond donors (Lipinski definition) is 1. The minimum Gasteiger partial charge on any atom is -0.383 e. The number of piperazine rings is 1. The van der Waals surface area contributed by atoms with E-state index in [1.54, 1.807) is 24.3 Å². The summed E-state index contributed by atoms with van der Waals surface area (Å²) in [5.74, 6) is 0.0378. The van der Waals surface area contributed by atoms with E-state index in [0.29, 0.717) is 39.1 Å². The fraction of sp³-hybridized carbons (Fsp3) is 0.379. The maximum Gasteiger partial charge on any atom is 0.146 e. The first-order valence-corrected chi connectivity index (χ1v) is 13.9. The standard InChI is InChI=1S/C29H31Cl2FN6/c1-36-10-12-37(13-11-36)20-4-6-21(7-5-20)38-16-24(27-28(33)34-17-35-29(27)38)18-2-8-23(26(32)14-18)22-9-3-19(30)15-25(22)31/h2-3,8-9,14-17,20-21H,4-7,10-13H2,1H3,(H2,33,34,35). The van der Waals surface area contributed by atoms with E-state index >= 15 is 4.39 Å². The predicted octanol–water partition coefficient (Wildman–Crippen LogP) is 6.52. The third-order valence-electron chi connectivity index (χ3n) is 8.25. The molecule has 2 aromatic carbocycles. The van der Waals surface area contributed by atoms with Crippen molar-refractivity contribution in [1.82, 2.24) is 24.3 Å². The number of nitrogens with two attached hydrogens (primary N) is 1. The third kappa shape index (κ3) is 4.77. The summed E-state index contributed by atoms with van der Waals surface area (Å²) in [7, 11) is 2.20. The van der Waals surface area contributed by atoms with Crippen LogP contribution in [-0.2, 0) is 0 Å². The highest BCUT2D eigenvalue weighted by Gasteiger charge is 2.30. The molecule has 198 valence electrons. The Morgan fingerprint density at radius 2 is 1.58 bits per heavy atom. The summed E-state index contributed by atoms with van der Waals surface area (Å²) >= 11 is 12.4. The van der Waals surface area contributed by atoms with Crippen LogP contribution in [-0.4, -0.2) is 63.6 Å². The second-order valence-electron chi connectivity index (χ2n) is 10.5. The lowest BCUT2D eigenvalue weighted by Crippen LogP contribution is -2.49. The van der Waals surface area contributed by atoms with Crippen LogP contribution in [0.3, 0.4) is 0 Å². The van der Waals surface area contributed by atoms with Crippen molar-refractivity contribution in [2.75, 3.05) is 39.0 Å². The van der Waals surface area contributed by atoms with Gasteiger partial charge in [-0.15, -0.1) is 0 Å². The van der Waals surface area contributed by atoms with Crippen LogP contribution < -0.4 is 5.73 Å². The summed E-state index contributed by atoms with van der Waals surface area (Å²) in [6.45, 7) is 4.58. The van der Waals surface area contributed by atoms with Gasteiger partial charge in [0.25, 0.3) is 0 Å². The van der Waals surface area contributed by atoms with Gasteiger partial charge in [-0.3, -0.25) is 4.90 Å². The molecule has 9 heteroatoms. The summed E-state index contributed by atoms with van der Waals surface area (Å²) in [6, 6.07) is 11.2. The van der Waals surface area contributed by atoms with Gasteiger partial charge < -0.3 is 15.2 Å². The molecule has 1 saturated heterocycles. The Labute approximate surface area is 232 Å². The normalized spacial score (nSPS) is 21.3. The van der Waals surface area contributed by atoms with Crippen LogP contribution in [0, 0.1) is 5.82 Å². The molecule has 0 bridgehead atoms. The molecule has 2 aliphatic rings. The average molecular weight is 554 g/mol. The van der Waals surface area contributed by atoms with E-state index in [-0.39, 0.29) is 5.82 Å². The lowest BCUT2D eigenvalue weighted by atomic mass is 9.89. The second kappa shape index (κ2) is 10.5. The first-order valence-electron chi connectivity index (χ1n) is 13.2. The number of rotatable bonds is 4. The van der Waals surface area contributed by atoms with Gasteiger partial charge in [0, 0.05) is 71.2 Å². The first-order chi connectivity index (χ1) is 18.4. The number of nitrogens with zero attached hydrogens (tertiary/aromatic N) is 5. The van der Waals surface area contributed by atoms with E-state index in [1.165, 1.54) is 12.4 Å². The van der Waals surface area contributed by atoms with Gasteiger partial charge in [-0.2, -0.15) is 0 Å². The number of likely N-dealkylation sites (N-methyl/N-ethyl adjacent to an activating group) is 1. The average Bonchev–Trinajstić information content (AvgIpc) is 3.31. The molecule has 2 fully saturated rings. The van der Waals surface area contributed by atoms with Crippen LogP contribution in [0.5, 0.6) is 0 Å². The molecule has 0 radical (unpaired) electrons. The van der Waals surface area contributed by atoms with E-state index in [2.05, 4.69) is 37.6 Å². The van der Waals surface area contributed by atoms with E-state index in [1.807, 2.05) is 6.07 Å². The zero-order valence-corrected chi connectivity index (χ0v) is 22.9. The molecule has 2 aromatic heterocycles. The number of benzene rings is 2. The molecule has 0 amide bonds. The molecule has 1 saturated carbocycles. The Morgan fingerprint density at radius 3 is 2.29 bits per heavy atom. The molecule has 3 heterocycles. The van der Waals surface area contributed by atoms with Crippen molar-refractivity contribution in [3.05, 3.63) is 64.8 Å². The fourth-order valence-corrected chi connectivity index (χ4v) is 6.61. The molecule has 4 aromatic rings. The van der Waals surface area contributed by atoms with Crippen molar-refractivity contribution in [3.63, 3.8) is 0 Å². The SMILES string of the molecule is CN1CCN(C2CCC(n3cc(-c4ccc(-c5ccc(Cl)cc5Cl)c(F)c4)c4c(N)ncnc43)CC2)CC1. The topological polar surface area (TPSA) is 63.2 Å². The first kappa shape index (κ1) is 25.6. The van der Waals surface area contributed by atoms with Gasteiger partial charge in [-0.05, 0) is 56.5 Å². The van der Waals surface area contributed by atoms with Gasteiger partial charge in [0.2, 0.25) is 0 Å². The molecule has 0 spiro atoms. The lowest BCUT2D eigenvalue weighted by molar-refractivity contribution is 0.0828. The van der Waals surface area contributed by atoms with Gasteiger partial charge in [-0.25, -0.2) is 14.4 Å². The number of halogens is 3. The lowest BCUT2D eigenvalue weighted by Gasteiger charge is -2.41. The summed E-state index contributed by atoms with van der Waals surface area (Å²) in [5.41, 5.74) is 9.76. The number of nitrogen functional groups attached to an aromatic ring is 1. The summed E-state index contributed by atoms with van der Waals surface area (Å²) < 4.78 is 17.7. The Bertz CT molecular complexity index is 1470. The molecule has 1 aliphatic heterocycles. The number of anilines is 1. The highest BCUT2D eigenvalue weighted by atomic mass is 35.5. The number of fused-ring (bicyclic) bond motifs is 1. The molecule has 6 rings (SSSR count). The Kier molecular flexibility index (Phi) is 7.03. The second-order valence-corrected chi connectivity index (χ2v) is 11.4. The maximum atomic E-state index is 15.4. The molecule has 0 unspecified atom stereocenters. The van der Waals surface area contributed by atoms with E-state index in [9.17, 15) is 0 Å². The molecule has 1 aliphatic carbocycles. The van der Waals surface area contributed by atoms with Gasteiger partial charge in [-0.1, -0.05) is 41.4 Å². The van der Waals surface area contributed by atoms with Crippen LogP contribution in [0.2, 0.25) is 10.0 Å². The van der Waals surface area contributed by atoms with Crippen molar-refractivity contribution in [3.8, 4) is 22.3 Å². The quantitative estimate of drug-likeness (QED) is 0.312. The Morgan fingerprint density at radius 1 is 0.868 bits per heavy atom. The molecule has 38 heavy (non-hydrogen) atoms. The predicted molar refractivity (Wildman–Crippen MR) is 153 cm³/mol. The van der Waals surface area contributed by atoms with Crippen molar-refractivity contribution >= 4 is 40.1 Å². The van der Waals surface area contributed by atoms with Gasteiger partial charge in [0.15, 0.2) is 0 Å². The van der Waals surface area contributed by atoms with Gasteiger partial charge in [0.1, 0.15) is 23.6 Å². The summed E-state index contributed by atoms with van der Waals surface area (Å²) in [6.07, 6.45) is 8.07. The van der Waals surface area contributed by atoms with Crippen LogP contribution in [0.15, 0.2) is 48.9 Å². The third-order valence-corrected chi connectivity index (χ3v) is 8.80.